The quantitative estimate of drug-likeness (QED) is 0.216. The lowest BCUT2D eigenvalue weighted by Gasteiger charge is -2.26. The molecular weight excluding hydrogens is 522 g/mol. The number of methoxy groups -OCH3 is 1. The van der Waals surface area contributed by atoms with Crippen LogP contribution >= 0.6 is 11.6 Å². The van der Waals surface area contributed by atoms with Crippen LogP contribution in [-0.2, 0) is 14.8 Å². The van der Waals surface area contributed by atoms with Gasteiger partial charge in [0.1, 0.15) is 24.7 Å². The first-order valence-corrected chi connectivity index (χ1v) is 12.9. The lowest BCUT2D eigenvalue weighted by Crippen LogP contribution is -2.42. The number of nitro benzene ring substituents is 1. The molecule has 0 fully saturated rings. The largest absolute Gasteiger partial charge is 0.495 e. The molecule has 0 aliphatic heterocycles. The SMILES string of the molecule is COc1ccc(Cl)cc1N(CC(=O)NCCOc1ccc(C)cc1)S(=O)(=O)c1ccc(C)c([N+](=O)[O-])c1. The van der Waals surface area contributed by atoms with Gasteiger partial charge in [0.15, 0.2) is 0 Å². The molecule has 3 aromatic carbocycles. The van der Waals surface area contributed by atoms with Gasteiger partial charge in [-0.05, 0) is 50.2 Å². The summed E-state index contributed by atoms with van der Waals surface area (Å²) >= 11 is 6.12. The maximum absolute atomic E-state index is 13.7. The number of rotatable bonds is 11. The zero-order valence-electron chi connectivity index (χ0n) is 20.4. The molecule has 0 aromatic heterocycles. The first kappa shape index (κ1) is 27.8. The fourth-order valence-electron chi connectivity index (χ4n) is 3.41. The minimum atomic E-state index is -4.45. The summed E-state index contributed by atoms with van der Waals surface area (Å²) < 4.78 is 39.1. The third-order valence-electron chi connectivity index (χ3n) is 5.38. The van der Waals surface area contributed by atoms with E-state index >= 15 is 0 Å². The molecule has 0 atom stereocenters. The molecule has 0 aliphatic carbocycles. The molecule has 1 N–H and O–H groups in total. The highest BCUT2D eigenvalue weighted by Crippen LogP contribution is 2.35. The predicted molar refractivity (Wildman–Crippen MR) is 140 cm³/mol. The molecule has 37 heavy (non-hydrogen) atoms. The Morgan fingerprint density at radius 1 is 1.08 bits per heavy atom. The number of ether oxygens (including phenoxy) is 2. The van der Waals surface area contributed by atoms with E-state index in [1.54, 1.807) is 12.1 Å². The number of carbonyl (C=O) groups excluding carboxylic acids is 1. The van der Waals surface area contributed by atoms with Crippen molar-refractivity contribution in [1.82, 2.24) is 5.32 Å². The van der Waals surface area contributed by atoms with E-state index in [1.165, 1.54) is 44.4 Å². The first-order chi connectivity index (χ1) is 17.5. The van der Waals surface area contributed by atoms with Gasteiger partial charge >= 0.3 is 0 Å². The highest BCUT2D eigenvalue weighted by atomic mass is 35.5. The average Bonchev–Trinajstić information content (AvgIpc) is 2.86. The smallest absolute Gasteiger partial charge is 0.273 e. The topological polar surface area (TPSA) is 128 Å². The lowest BCUT2D eigenvalue weighted by atomic mass is 10.2. The maximum atomic E-state index is 13.7. The molecule has 0 saturated heterocycles. The number of hydrogen-bond donors (Lipinski definition) is 1. The number of sulfonamides is 1. The fraction of sp³-hybridized carbons (Fsp3) is 0.240. The summed E-state index contributed by atoms with van der Waals surface area (Å²) in [5.74, 6) is 0.151. The van der Waals surface area contributed by atoms with Crippen molar-refractivity contribution in [2.45, 2.75) is 18.7 Å². The van der Waals surface area contributed by atoms with Crippen molar-refractivity contribution >= 4 is 38.9 Å². The van der Waals surface area contributed by atoms with Crippen molar-refractivity contribution < 1.29 is 27.6 Å². The zero-order valence-corrected chi connectivity index (χ0v) is 22.0. The van der Waals surface area contributed by atoms with Gasteiger partial charge in [-0.25, -0.2) is 8.42 Å². The van der Waals surface area contributed by atoms with Gasteiger partial charge in [-0.1, -0.05) is 35.4 Å². The molecule has 0 bridgehead atoms. The third-order valence-corrected chi connectivity index (χ3v) is 7.37. The van der Waals surface area contributed by atoms with Crippen LogP contribution in [0.25, 0.3) is 0 Å². The number of amides is 1. The summed E-state index contributed by atoms with van der Waals surface area (Å²) in [5.41, 5.74) is 1.01. The van der Waals surface area contributed by atoms with Gasteiger partial charge in [0.2, 0.25) is 5.91 Å². The number of aryl methyl sites for hydroxylation is 2. The van der Waals surface area contributed by atoms with Gasteiger partial charge < -0.3 is 14.8 Å². The second-order valence-electron chi connectivity index (χ2n) is 8.04. The molecule has 0 spiro atoms. The van der Waals surface area contributed by atoms with Crippen LogP contribution in [-0.4, -0.2) is 46.1 Å². The van der Waals surface area contributed by atoms with Crippen LogP contribution in [0.3, 0.4) is 0 Å². The van der Waals surface area contributed by atoms with Crippen molar-refractivity contribution in [2.75, 3.05) is 31.1 Å². The summed E-state index contributed by atoms with van der Waals surface area (Å²) in [6.45, 7) is 3.09. The van der Waals surface area contributed by atoms with Crippen molar-refractivity contribution in [1.29, 1.82) is 0 Å². The highest BCUT2D eigenvalue weighted by molar-refractivity contribution is 7.92. The molecule has 10 nitrogen and oxygen atoms in total. The molecule has 3 rings (SSSR count). The molecule has 0 heterocycles. The number of carbonyl (C=O) groups is 1. The second-order valence-corrected chi connectivity index (χ2v) is 10.3. The molecule has 0 aliphatic rings. The lowest BCUT2D eigenvalue weighted by molar-refractivity contribution is -0.385. The van der Waals surface area contributed by atoms with E-state index in [2.05, 4.69) is 5.32 Å². The van der Waals surface area contributed by atoms with E-state index in [9.17, 15) is 23.3 Å². The van der Waals surface area contributed by atoms with Crippen molar-refractivity contribution in [3.05, 3.63) is 86.9 Å². The minimum absolute atomic E-state index is 0.00397. The van der Waals surface area contributed by atoms with E-state index < -0.39 is 27.4 Å². The van der Waals surface area contributed by atoms with Gasteiger partial charge in [0.05, 0.1) is 29.2 Å². The van der Waals surface area contributed by atoms with Crippen LogP contribution < -0.4 is 19.1 Å². The summed E-state index contributed by atoms with van der Waals surface area (Å²) in [4.78, 5) is 23.2. The van der Waals surface area contributed by atoms with Crippen molar-refractivity contribution in [3.8, 4) is 11.5 Å². The summed E-state index contributed by atoms with van der Waals surface area (Å²) in [7, 11) is -3.11. The van der Waals surface area contributed by atoms with Crippen LogP contribution in [0.2, 0.25) is 5.02 Å². The normalized spacial score (nSPS) is 11.0. The number of anilines is 1. The van der Waals surface area contributed by atoms with Crippen LogP contribution in [0.5, 0.6) is 11.5 Å². The highest BCUT2D eigenvalue weighted by Gasteiger charge is 2.31. The predicted octanol–water partition coefficient (Wildman–Crippen LogP) is 4.26. The molecule has 0 radical (unpaired) electrons. The van der Waals surface area contributed by atoms with Gasteiger partial charge in [-0.15, -0.1) is 0 Å². The van der Waals surface area contributed by atoms with E-state index in [0.29, 0.717) is 11.3 Å². The maximum Gasteiger partial charge on any atom is 0.273 e. The Morgan fingerprint density at radius 3 is 2.43 bits per heavy atom. The molecule has 0 unspecified atom stereocenters. The summed E-state index contributed by atoms with van der Waals surface area (Å²) in [5, 5.41) is 14.2. The molecule has 196 valence electrons. The Hall–Kier alpha value is -3.83. The number of halogens is 1. The van der Waals surface area contributed by atoms with Crippen LogP contribution in [0.4, 0.5) is 11.4 Å². The number of hydrogen-bond acceptors (Lipinski definition) is 7. The fourth-order valence-corrected chi connectivity index (χ4v) is 5.02. The van der Waals surface area contributed by atoms with Gasteiger partial charge in [0.25, 0.3) is 15.7 Å². The number of nitrogens with one attached hydrogen (secondary N) is 1. The average molecular weight is 548 g/mol. The Kier molecular flexibility index (Phi) is 8.95. The van der Waals surface area contributed by atoms with Crippen molar-refractivity contribution in [2.24, 2.45) is 0 Å². The Bertz CT molecular complexity index is 1400. The Balaban J connectivity index is 1.87. The van der Waals surface area contributed by atoms with Gasteiger partial charge in [0, 0.05) is 16.7 Å². The molecule has 1 amide bonds. The van der Waals surface area contributed by atoms with E-state index in [-0.39, 0.29) is 40.2 Å². The number of nitrogens with zero attached hydrogens (tertiary/aromatic N) is 2. The standard InChI is InChI=1S/C25H26ClN3O7S/c1-17-4-8-20(9-5-17)36-13-12-27-25(30)16-28(23-14-19(26)7-11-24(23)35-3)37(33,34)21-10-6-18(2)22(15-21)29(31)32/h4-11,14-15H,12-13,16H2,1-3H3,(H,27,30). The number of nitro groups is 1. The summed E-state index contributed by atoms with van der Waals surface area (Å²) in [6, 6.07) is 15.2. The van der Waals surface area contributed by atoms with Crippen LogP contribution in [0.15, 0.2) is 65.6 Å². The summed E-state index contributed by atoms with van der Waals surface area (Å²) in [6.07, 6.45) is 0. The van der Waals surface area contributed by atoms with E-state index in [0.717, 1.165) is 15.9 Å². The van der Waals surface area contributed by atoms with Gasteiger partial charge in [-0.3, -0.25) is 19.2 Å². The van der Waals surface area contributed by atoms with E-state index in [1.807, 2.05) is 19.1 Å². The molecular formula is C25H26ClN3O7S. The monoisotopic (exact) mass is 547 g/mol. The van der Waals surface area contributed by atoms with Crippen LogP contribution in [0.1, 0.15) is 11.1 Å². The number of benzene rings is 3. The minimum Gasteiger partial charge on any atom is -0.495 e. The molecule has 12 heteroatoms. The Morgan fingerprint density at radius 2 is 1.78 bits per heavy atom. The first-order valence-electron chi connectivity index (χ1n) is 11.1. The Labute approximate surface area is 220 Å². The second kappa shape index (κ2) is 11.9. The van der Waals surface area contributed by atoms with Crippen LogP contribution in [0, 0.1) is 24.0 Å². The van der Waals surface area contributed by atoms with Crippen molar-refractivity contribution in [3.63, 3.8) is 0 Å². The third kappa shape index (κ3) is 6.89. The van der Waals surface area contributed by atoms with Gasteiger partial charge in [-0.2, -0.15) is 0 Å². The van der Waals surface area contributed by atoms with E-state index in [4.69, 9.17) is 21.1 Å². The zero-order chi connectivity index (χ0) is 27.2. The molecule has 3 aromatic rings. The molecule has 0 saturated carbocycles.